The van der Waals surface area contributed by atoms with E-state index in [0.29, 0.717) is 13.2 Å². The normalized spacial score (nSPS) is 12.4. The number of nitrogens with one attached hydrogen (secondary N) is 2. The summed E-state index contributed by atoms with van der Waals surface area (Å²) in [5.74, 6) is 0.780. The largest absolute Gasteiger partial charge is 0.383 e. The lowest BCUT2D eigenvalue weighted by molar-refractivity contribution is 0.111. The van der Waals surface area contributed by atoms with Crippen molar-refractivity contribution in [2.24, 2.45) is 4.99 Å². The molecule has 0 spiro atoms. The second kappa shape index (κ2) is 12.8. The van der Waals surface area contributed by atoms with Crippen molar-refractivity contribution in [2.75, 3.05) is 40.5 Å². The van der Waals surface area contributed by atoms with E-state index in [2.05, 4.69) is 27.8 Å². The van der Waals surface area contributed by atoms with Crippen molar-refractivity contribution in [1.29, 1.82) is 0 Å². The Balaban J connectivity index is 0.00000400. The van der Waals surface area contributed by atoms with Crippen LogP contribution in [0.2, 0.25) is 0 Å². The molecule has 21 heavy (non-hydrogen) atoms. The van der Waals surface area contributed by atoms with Crippen LogP contribution < -0.4 is 10.6 Å². The molecule has 2 N–H and O–H groups in total. The van der Waals surface area contributed by atoms with E-state index in [9.17, 15) is 0 Å². The van der Waals surface area contributed by atoms with E-state index in [1.165, 1.54) is 0 Å². The quantitative estimate of drug-likeness (QED) is 0.300. The van der Waals surface area contributed by atoms with Crippen LogP contribution in [0.5, 0.6) is 0 Å². The van der Waals surface area contributed by atoms with Gasteiger partial charge in [-0.25, -0.2) is 0 Å². The zero-order chi connectivity index (χ0) is 14.6. The number of rotatable bonds is 8. The van der Waals surface area contributed by atoms with Gasteiger partial charge in [-0.1, -0.05) is 30.3 Å². The Morgan fingerprint density at radius 3 is 2.48 bits per heavy atom. The second-order valence-electron chi connectivity index (χ2n) is 4.27. The molecule has 0 bridgehead atoms. The molecular formula is C15H26IN3O2. The zero-order valence-corrected chi connectivity index (χ0v) is 15.3. The summed E-state index contributed by atoms with van der Waals surface area (Å²) < 4.78 is 10.5. The molecule has 0 aliphatic carbocycles. The van der Waals surface area contributed by atoms with E-state index >= 15 is 0 Å². The van der Waals surface area contributed by atoms with Crippen LogP contribution in [0.4, 0.5) is 0 Å². The summed E-state index contributed by atoms with van der Waals surface area (Å²) in [4.78, 5) is 4.55. The van der Waals surface area contributed by atoms with Crippen molar-refractivity contribution in [3.05, 3.63) is 35.9 Å². The first kappa shape index (κ1) is 20.1. The molecule has 0 aliphatic rings. The van der Waals surface area contributed by atoms with Gasteiger partial charge < -0.3 is 20.1 Å². The Morgan fingerprint density at radius 2 is 1.90 bits per heavy atom. The van der Waals surface area contributed by atoms with Gasteiger partial charge in [-0.05, 0) is 12.5 Å². The fourth-order valence-corrected chi connectivity index (χ4v) is 1.77. The Labute approximate surface area is 144 Å². The number of hydrogen-bond donors (Lipinski definition) is 2. The van der Waals surface area contributed by atoms with Crippen LogP contribution in [-0.4, -0.2) is 46.4 Å². The van der Waals surface area contributed by atoms with E-state index in [1.54, 1.807) is 14.2 Å². The van der Waals surface area contributed by atoms with Crippen molar-refractivity contribution in [2.45, 2.75) is 13.0 Å². The molecule has 1 aromatic carbocycles. The van der Waals surface area contributed by atoms with Crippen molar-refractivity contribution >= 4 is 29.9 Å². The number of hydrogen-bond acceptors (Lipinski definition) is 3. The SMILES string of the molecule is CCNC(=NCC(OC)c1ccccc1)NCCOC.I. The minimum absolute atomic E-state index is 0. The number of halogens is 1. The van der Waals surface area contributed by atoms with Gasteiger partial charge in [0.05, 0.1) is 13.2 Å². The molecule has 0 amide bonds. The highest BCUT2D eigenvalue weighted by Crippen LogP contribution is 2.16. The lowest BCUT2D eigenvalue weighted by atomic mass is 10.1. The molecule has 0 saturated heterocycles. The standard InChI is InChI=1S/C15H25N3O2.HI/c1-4-16-15(17-10-11-19-2)18-12-14(20-3)13-8-6-5-7-9-13;/h5-9,14H,4,10-12H2,1-3H3,(H2,16,17,18);1H. The van der Waals surface area contributed by atoms with Crippen LogP contribution in [0.15, 0.2) is 35.3 Å². The van der Waals surface area contributed by atoms with Crippen molar-refractivity contribution in [3.63, 3.8) is 0 Å². The predicted octanol–water partition coefficient (Wildman–Crippen LogP) is 2.19. The maximum Gasteiger partial charge on any atom is 0.191 e. The van der Waals surface area contributed by atoms with E-state index in [1.807, 2.05) is 25.1 Å². The first-order valence-corrected chi connectivity index (χ1v) is 6.90. The number of ether oxygens (including phenoxy) is 2. The average Bonchev–Trinajstić information content (AvgIpc) is 2.49. The van der Waals surface area contributed by atoms with Gasteiger partial charge in [0.15, 0.2) is 5.96 Å². The Bertz CT molecular complexity index is 388. The molecular weight excluding hydrogens is 381 g/mol. The van der Waals surface area contributed by atoms with Crippen molar-refractivity contribution < 1.29 is 9.47 Å². The third-order valence-corrected chi connectivity index (χ3v) is 2.81. The number of guanidine groups is 1. The molecule has 1 unspecified atom stereocenters. The molecule has 0 aromatic heterocycles. The monoisotopic (exact) mass is 407 g/mol. The predicted molar refractivity (Wildman–Crippen MR) is 97.5 cm³/mol. The van der Waals surface area contributed by atoms with E-state index in [4.69, 9.17) is 9.47 Å². The van der Waals surface area contributed by atoms with Gasteiger partial charge in [0, 0.05) is 27.3 Å². The molecule has 1 rings (SSSR count). The maximum atomic E-state index is 5.50. The number of nitrogens with zero attached hydrogens (tertiary/aromatic N) is 1. The van der Waals surface area contributed by atoms with Gasteiger partial charge in [0.25, 0.3) is 0 Å². The summed E-state index contributed by atoms with van der Waals surface area (Å²) in [5, 5.41) is 6.41. The maximum absolute atomic E-state index is 5.50. The lowest BCUT2D eigenvalue weighted by Crippen LogP contribution is -2.39. The van der Waals surface area contributed by atoms with Crippen LogP contribution in [0.25, 0.3) is 0 Å². The summed E-state index contributed by atoms with van der Waals surface area (Å²) in [6.07, 6.45) is -0.0333. The van der Waals surface area contributed by atoms with Gasteiger partial charge in [0.2, 0.25) is 0 Å². The number of methoxy groups -OCH3 is 2. The van der Waals surface area contributed by atoms with Crippen molar-refractivity contribution in [1.82, 2.24) is 10.6 Å². The topological polar surface area (TPSA) is 54.9 Å². The smallest absolute Gasteiger partial charge is 0.191 e. The first-order valence-electron chi connectivity index (χ1n) is 6.90. The highest BCUT2D eigenvalue weighted by Gasteiger charge is 2.09. The van der Waals surface area contributed by atoms with Crippen molar-refractivity contribution in [3.8, 4) is 0 Å². The highest BCUT2D eigenvalue weighted by molar-refractivity contribution is 14.0. The van der Waals surface area contributed by atoms with Crippen LogP contribution in [0, 0.1) is 0 Å². The average molecular weight is 407 g/mol. The fourth-order valence-electron chi connectivity index (χ4n) is 1.77. The molecule has 5 nitrogen and oxygen atoms in total. The molecule has 6 heteroatoms. The molecule has 0 heterocycles. The van der Waals surface area contributed by atoms with Gasteiger partial charge >= 0.3 is 0 Å². The molecule has 0 radical (unpaired) electrons. The van der Waals surface area contributed by atoms with E-state index < -0.39 is 0 Å². The third-order valence-electron chi connectivity index (χ3n) is 2.81. The van der Waals surface area contributed by atoms with Gasteiger partial charge in [-0.3, -0.25) is 4.99 Å². The Hall–Kier alpha value is -0.860. The number of benzene rings is 1. The highest BCUT2D eigenvalue weighted by atomic mass is 127. The van der Waals surface area contributed by atoms with Crippen LogP contribution in [0.1, 0.15) is 18.6 Å². The zero-order valence-electron chi connectivity index (χ0n) is 13.0. The lowest BCUT2D eigenvalue weighted by Gasteiger charge is -2.15. The van der Waals surface area contributed by atoms with E-state index in [0.717, 1.165) is 24.6 Å². The van der Waals surface area contributed by atoms with Gasteiger partial charge in [-0.2, -0.15) is 0 Å². The number of aliphatic imine (C=N–C) groups is 1. The Morgan fingerprint density at radius 1 is 1.19 bits per heavy atom. The summed E-state index contributed by atoms with van der Waals surface area (Å²) in [5.41, 5.74) is 1.13. The summed E-state index contributed by atoms with van der Waals surface area (Å²) in [6.45, 7) is 4.81. The molecule has 120 valence electrons. The first-order chi connectivity index (χ1) is 9.81. The van der Waals surface area contributed by atoms with Gasteiger partial charge in [-0.15, -0.1) is 24.0 Å². The molecule has 1 aromatic rings. The summed E-state index contributed by atoms with van der Waals surface area (Å²) in [6, 6.07) is 10.1. The molecule has 1 atom stereocenters. The minimum atomic E-state index is -0.0333. The third kappa shape index (κ3) is 8.23. The molecule has 0 fully saturated rings. The minimum Gasteiger partial charge on any atom is -0.383 e. The molecule has 0 aliphatic heterocycles. The van der Waals surface area contributed by atoms with Gasteiger partial charge in [0.1, 0.15) is 6.10 Å². The Kier molecular flexibility index (Phi) is 12.3. The van der Waals surface area contributed by atoms with Crippen LogP contribution >= 0.6 is 24.0 Å². The van der Waals surface area contributed by atoms with Crippen LogP contribution in [-0.2, 0) is 9.47 Å². The fraction of sp³-hybridized carbons (Fsp3) is 0.533. The van der Waals surface area contributed by atoms with Crippen LogP contribution in [0.3, 0.4) is 0 Å². The summed E-state index contributed by atoms with van der Waals surface area (Å²) in [7, 11) is 3.39. The van der Waals surface area contributed by atoms with E-state index in [-0.39, 0.29) is 30.1 Å². The summed E-state index contributed by atoms with van der Waals surface area (Å²) >= 11 is 0. The molecule has 0 saturated carbocycles. The second-order valence-corrected chi connectivity index (χ2v) is 4.27.